The monoisotopic (exact) mass is 427 g/mol. The van der Waals surface area contributed by atoms with Crippen LogP contribution in [-0.4, -0.2) is 20.3 Å². The van der Waals surface area contributed by atoms with Gasteiger partial charge >= 0.3 is 0 Å². The van der Waals surface area contributed by atoms with Crippen LogP contribution in [0.2, 0.25) is 0 Å². The van der Waals surface area contributed by atoms with Crippen molar-refractivity contribution in [1.82, 2.24) is 14.5 Å². The van der Waals surface area contributed by atoms with Crippen LogP contribution in [0.3, 0.4) is 0 Å². The first-order chi connectivity index (χ1) is 15.2. The number of benzene rings is 3. The molecule has 0 radical (unpaired) electrons. The number of hydrogen-bond acceptors (Lipinski definition) is 3. The third kappa shape index (κ3) is 3.66. The Morgan fingerprint density at radius 1 is 0.968 bits per heavy atom. The fraction of sp³-hybridized carbons (Fsp3) is 0.0400. The average molecular weight is 428 g/mol. The number of H-pyrrole nitrogens is 1. The van der Waals surface area contributed by atoms with Gasteiger partial charge in [-0.05, 0) is 23.8 Å². The van der Waals surface area contributed by atoms with Crippen LogP contribution >= 0.6 is 11.8 Å². The molecule has 0 atom stereocenters. The summed E-state index contributed by atoms with van der Waals surface area (Å²) in [6.07, 6.45) is 4.03. The van der Waals surface area contributed by atoms with Crippen LogP contribution in [0.25, 0.3) is 33.7 Å². The van der Waals surface area contributed by atoms with Crippen molar-refractivity contribution in [1.29, 1.82) is 0 Å². The van der Waals surface area contributed by atoms with Crippen molar-refractivity contribution in [2.75, 3.05) is 5.75 Å². The molecule has 0 aliphatic carbocycles. The Labute approximate surface area is 182 Å². The average Bonchev–Trinajstić information content (AvgIpc) is 3.18. The number of thioether (sulfide) groups is 1. The van der Waals surface area contributed by atoms with Crippen LogP contribution in [0.4, 0.5) is 4.39 Å². The molecule has 0 aliphatic heterocycles. The highest BCUT2D eigenvalue weighted by Gasteiger charge is 2.18. The molecular formula is C25H18FN3OS. The highest BCUT2D eigenvalue weighted by Crippen LogP contribution is 2.27. The predicted octanol–water partition coefficient (Wildman–Crippen LogP) is 5.81. The van der Waals surface area contributed by atoms with E-state index in [0.29, 0.717) is 21.9 Å². The Bertz CT molecular complexity index is 1470. The van der Waals surface area contributed by atoms with E-state index in [2.05, 4.69) is 4.98 Å². The first-order valence-electron chi connectivity index (χ1n) is 9.85. The maximum Gasteiger partial charge on any atom is 0.283 e. The van der Waals surface area contributed by atoms with E-state index in [9.17, 15) is 9.18 Å². The van der Waals surface area contributed by atoms with Crippen molar-refractivity contribution in [3.8, 4) is 5.69 Å². The summed E-state index contributed by atoms with van der Waals surface area (Å²) in [5, 5.41) is 1.32. The Morgan fingerprint density at radius 3 is 2.55 bits per heavy atom. The number of rotatable bonds is 5. The van der Waals surface area contributed by atoms with Crippen LogP contribution in [-0.2, 0) is 0 Å². The normalized spacial score (nSPS) is 11.6. The minimum atomic E-state index is -0.469. The number of fused-ring (bicyclic) bond motifs is 3. The van der Waals surface area contributed by atoms with Gasteiger partial charge in [0, 0.05) is 16.7 Å². The maximum absolute atomic E-state index is 14.6. The van der Waals surface area contributed by atoms with Crippen molar-refractivity contribution in [3.63, 3.8) is 0 Å². The minimum Gasteiger partial charge on any atom is -0.349 e. The van der Waals surface area contributed by atoms with Crippen LogP contribution in [0.5, 0.6) is 0 Å². The largest absolute Gasteiger partial charge is 0.349 e. The predicted molar refractivity (Wildman–Crippen MR) is 125 cm³/mol. The molecule has 5 aromatic rings. The fourth-order valence-corrected chi connectivity index (χ4v) is 4.36. The first-order valence-corrected chi connectivity index (χ1v) is 10.8. The Morgan fingerprint density at radius 2 is 1.71 bits per heavy atom. The molecule has 2 heterocycles. The second kappa shape index (κ2) is 8.24. The molecule has 0 fully saturated rings. The van der Waals surface area contributed by atoms with E-state index in [4.69, 9.17) is 4.98 Å². The molecule has 0 aliphatic rings. The van der Waals surface area contributed by atoms with Crippen molar-refractivity contribution in [3.05, 3.63) is 107 Å². The van der Waals surface area contributed by atoms with E-state index < -0.39 is 5.82 Å². The number of aromatic nitrogens is 3. The van der Waals surface area contributed by atoms with Crippen molar-refractivity contribution in [2.24, 2.45) is 0 Å². The van der Waals surface area contributed by atoms with Gasteiger partial charge < -0.3 is 4.98 Å². The Kier molecular flexibility index (Phi) is 5.14. The van der Waals surface area contributed by atoms with E-state index in [1.807, 2.05) is 66.7 Å². The van der Waals surface area contributed by atoms with Gasteiger partial charge in [0.2, 0.25) is 0 Å². The van der Waals surface area contributed by atoms with E-state index in [1.165, 1.54) is 22.4 Å². The molecule has 0 saturated carbocycles. The zero-order chi connectivity index (χ0) is 21.2. The summed E-state index contributed by atoms with van der Waals surface area (Å²) in [6, 6.07) is 23.9. The van der Waals surface area contributed by atoms with Crippen LogP contribution < -0.4 is 5.56 Å². The van der Waals surface area contributed by atoms with E-state index in [1.54, 1.807) is 18.2 Å². The van der Waals surface area contributed by atoms with Gasteiger partial charge in [-0.3, -0.25) is 9.36 Å². The summed E-state index contributed by atoms with van der Waals surface area (Å²) in [6.45, 7) is 0. The summed E-state index contributed by atoms with van der Waals surface area (Å²) in [5.74, 6) is 0.118. The van der Waals surface area contributed by atoms with Gasteiger partial charge in [0.15, 0.2) is 5.16 Å². The lowest BCUT2D eigenvalue weighted by Crippen LogP contribution is -2.22. The number of nitrogens with one attached hydrogen (secondary N) is 1. The van der Waals surface area contributed by atoms with Crippen molar-refractivity contribution in [2.45, 2.75) is 5.16 Å². The molecule has 3 aromatic carbocycles. The van der Waals surface area contributed by atoms with Crippen LogP contribution in [0.1, 0.15) is 5.56 Å². The molecule has 0 bridgehead atoms. The zero-order valence-corrected chi connectivity index (χ0v) is 17.3. The van der Waals surface area contributed by atoms with Gasteiger partial charge in [-0.2, -0.15) is 0 Å². The number of halogens is 1. The second-order valence-corrected chi connectivity index (χ2v) is 7.99. The molecule has 0 spiro atoms. The Balaban J connectivity index is 1.63. The molecule has 31 heavy (non-hydrogen) atoms. The van der Waals surface area contributed by atoms with Gasteiger partial charge in [-0.15, -0.1) is 0 Å². The molecule has 0 unspecified atom stereocenters. The number of para-hydroxylation sites is 2. The fourth-order valence-electron chi connectivity index (χ4n) is 3.56. The van der Waals surface area contributed by atoms with E-state index in [-0.39, 0.29) is 11.2 Å². The summed E-state index contributed by atoms with van der Waals surface area (Å²) in [7, 11) is 0. The third-order valence-corrected chi connectivity index (χ3v) is 5.90. The highest BCUT2D eigenvalue weighted by molar-refractivity contribution is 7.99. The SMILES string of the molecule is O=c1c2[nH]c3ccccc3c2nc(SCC=Cc2ccccc2)n1-c1ccccc1F. The second-order valence-electron chi connectivity index (χ2n) is 7.00. The summed E-state index contributed by atoms with van der Waals surface area (Å²) in [5.41, 5.74) is 2.76. The van der Waals surface area contributed by atoms with E-state index in [0.717, 1.165) is 16.5 Å². The van der Waals surface area contributed by atoms with Gasteiger partial charge in [-0.1, -0.05) is 84.6 Å². The standard InChI is InChI=1S/C25H18FN3OS/c26-19-13-5-7-15-21(19)29-24(30)23-22(18-12-4-6-14-20(18)27-23)28-25(29)31-16-8-11-17-9-2-1-3-10-17/h1-15,27H,16H2. The number of nitrogens with zero attached hydrogens (tertiary/aromatic N) is 2. The van der Waals surface area contributed by atoms with Gasteiger partial charge in [0.1, 0.15) is 16.9 Å². The molecule has 0 saturated heterocycles. The molecular weight excluding hydrogens is 409 g/mol. The third-order valence-electron chi connectivity index (χ3n) is 5.01. The molecule has 4 nitrogen and oxygen atoms in total. The molecule has 1 N–H and O–H groups in total. The summed E-state index contributed by atoms with van der Waals surface area (Å²) in [4.78, 5) is 21.4. The van der Waals surface area contributed by atoms with Gasteiger partial charge in [-0.25, -0.2) is 9.37 Å². The zero-order valence-electron chi connectivity index (χ0n) is 16.5. The lowest BCUT2D eigenvalue weighted by atomic mass is 10.2. The van der Waals surface area contributed by atoms with E-state index >= 15 is 0 Å². The van der Waals surface area contributed by atoms with Gasteiger partial charge in [0.05, 0.1) is 5.69 Å². The van der Waals surface area contributed by atoms with Crippen molar-refractivity contribution >= 4 is 39.8 Å². The Hall–Kier alpha value is -3.64. The quantitative estimate of drug-likeness (QED) is 0.284. The van der Waals surface area contributed by atoms with Crippen LogP contribution in [0.15, 0.2) is 94.9 Å². The molecule has 152 valence electrons. The molecule has 0 amide bonds. The number of hydrogen-bond donors (Lipinski definition) is 1. The summed E-state index contributed by atoms with van der Waals surface area (Å²) < 4.78 is 16.0. The topological polar surface area (TPSA) is 50.7 Å². The minimum absolute atomic E-state index is 0.190. The lowest BCUT2D eigenvalue weighted by molar-refractivity contribution is 0.608. The lowest BCUT2D eigenvalue weighted by Gasteiger charge is -2.12. The molecule has 2 aromatic heterocycles. The maximum atomic E-state index is 14.6. The summed E-state index contributed by atoms with van der Waals surface area (Å²) >= 11 is 1.40. The van der Waals surface area contributed by atoms with Gasteiger partial charge in [0.25, 0.3) is 5.56 Å². The molecule has 6 heteroatoms. The first kappa shape index (κ1) is 19.3. The highest BCUT2D eigenvalue weighted by atomic mass is 32.2. The smallest absolute Gasteiger partial charge is 0.283 e. The molecule has 5 rings (SSSR count). The van der Waals surface area contributed by atoms with Crippen LogP contribution in [0, 0.1) is 5.82 Å². The number of aromatic amines is 1. The van der Waals surface area contributed by atoms with Crippen molar-refractivity contribution < 1.29 is 4.39 Å².